The van der Waals surface area contributed by atoms with Crippen LogP contribution in [0.1, 0.15) is 24.8 Å². The zero-order valence-corrected chi connectivity index (χ0v) is 18.7. The maximum atomic E-state index is 9.47. The van der Waals surface area contributed by atoms with Gasteiger partial charge in [-0.15, -0.1) is 0 Å². The Kier molecular flexibility index (Phi) is 5.94. The van der Waals surface area contributed by atoms with E-state index in [1.165, 1.54) is 32.4 Å². The van der Waals surface area contributed by atoms with Crippen molar-refractivity contribution in [1.29, 1.82) is 5.26 Å². The Bertz CT molecular complexity index is 1290. The summed E-state index contributed by atoms with van der Waals surface area (Å²) in [5.74, 6) is 0. The molecular weight excluding hydrogens is 416 g/mol. The van der Waals surface area contributed by atoms with Gasteiger partial charge in [0.25, 0.3) is 0 Å². The van der Waals surface area contributed by atoms with E-state index in [2.05, 4.69) is 38.8 Å². The lowest BCUT2D eigenvalue weighted by Crippen LogP contribution is -2.32. The van der Waals surface area contributed by atoms with Gasteiger partial charge in [0.1, 0.15) is 0 Å². The third-order valence-electron chi connectivity index (χ3n) is 6.32. The highest BCUT2D eigenvalue weighted by Gasteiger charge is 2.15. The van der Waals surface area contributed by atoms with Gasteiger partial charge >= 0.3 is 0 Å². The Hall–Kier alpha value is -3.13. The van der Waals surface area contributed by atoms with Crippen molar-refractivity contribution in [3.63, 3.8) is 0 Å². The van der Waals surface area contributed by atoms with Crippen LogP contribution in [0.15, 0.2) is 67.1 Å². The molecule has 1 saturated heterocycles. The number of nitrogens with zero attached hydrogens (tertiary/aromatic N) is 4. The number of fused-ring (bicyclic) bond motifs is 1. The van der Waals surface area contributed by atoms with Crippen molar-refractivity contribution in [3.05, 3.63) is 77.7 Å². The predicted molar refractivity (Wildman–Crippen MR) is 131 cm³/mol. The number of piperidine rings is 1. The molecule has 160 valence electrons. The number of pyridine rings is 1. The molecule has 1 fully saturated rings. The highest BCUT2D eigenvalue weighted by Crippen LogP contribution is 2.33. The molecular formula is C27H25ClN4. The van der Waals surface area contributed by atoms with Crippen LogP contribution in [0.25, 0.3) is 33.2 Å². The van der Waals surface area contributed by atoms with Crippen LogP contribution >= 0.6 is 11.6 Å². The second-order valence-electron chi connectivity index (χ2n) is 8.45. The van der Waals surface area contributed by atoms with Crippen LogP contribution in [0.4, 0.5) is 0 Å². The quantitative estimate of drug-likeness (QED) is 0.361. The minimum Gasteiger partial charge on any atom is -0.346 e. The van der Waals surface area contributed by atoms with Crippen LogP contribution in [-0.2, 0) is 6.54 Å². The number of benzene rings is 2. The lowest BCUT2D eigenvalue weighted by Gasteiger charge is -2.26. The topological polar surface area (TPSA) is 44.9 Å². The van der Waals surface area contributed by atoms with Crippen molar-refractivity contribution < 1.29 is 0 Å². The molecule has 2 aromatic heterocycles. The molecule has 0 radical (unpaired) electrons. The highest BCUT2D eigenvalue weighted by atomic mass is 35.5. The Morgan fingerprint density at radius 2 is 1.75 bits per heavy atom. The van der Waals surface area contributed by atoms with Gasteiger partial charge in [0.15, 0.2) is 0 Å². The molecule has 4 aromatic rings. The van der Waals surface area contributed by atoms with Crippen LogP contribution in [0.3, 0.4) is 0 Å². The fourth-order valence-electron chi connectivity index (χ4n) is 4.63. The highest BCUT2D eigenvalue weighted by molar-refractivity contribution is 6.30. The second-order valence-corrected chi connectivity index (χ2v) is 8.89. The van der Waals surface area contributed by atoms with Gasteiger partial charge in [0, 0.05) is 64.3 Å². The van der Waals surface area contributed by atoms with Gasteiger partial charge in [0.05, 0.1) is 11.6 Å². The molecule has 4 nitrogen and oxygen atoms in total. The lowest BCUT2D eigenvalue weighted by atomic mass is 10.0. The molecule has 0 aliphatic carbocycles. The molecule has 0 atom stereocenters. The van der Waals surface area contributed by atoms with Crippen LogP contribution < -0.4 is 0 Å². The standard InChI is InChI=1S/C27H25ClN4/c28-24-6-4-5-21(15-24)22-14-23(18-30-17-22)26-19-32(12-11-31-9-2-1-3-10-31)27-8-7-20(16-29)13-25(26)27/h4-8,13-15,17-19H,1-3,9-12H2. The van der Waals surface area contributed by atoms with Crippen molar-refractivity contribution in [1.82, 2.24) is 14.5 Å². The molecule has 5 rings (SSSR count). The van der Waals surface area contributed by atoms with E-state index in [-0.39, 0.29) is 0 Å². The van der Waals surface area contributed by atoms with E-state index in [0.717, 1.165) is 46.2 Å². The number of aromatic nitrogens is 2. The van der Waals surface area contributed by atoms with Crippen LogP contribution in [-0.4, -0.2) is 34.1 Å². The van der Waals surface area contributed by atoms with Gasteiger partial charge in [-0.25, -0.2) is 0 Å². The van der Waals surface area contributed by atoms with E-state index in [1.54, 1.807) is 0 Å². The Morgan fingerprint density at radius 1 is 0.906 bits per heavy atom. The molecule has 32 heavy (non-hydrogen) atoms. The fourth-order valence-corrected chi connectivity index (χ4v) is 4.82. The minimum absolute atomic E-state index is 0.673. The van der Waals surface area contributed by atoms with E-state index in [4.69, 9.17) is 11.6 Å². The van der Waals surface area contributed by atoms with Gasteiger partial charge in [-0.2, -0.15) is 5.26 Å². The molecule has 0 N–H and O–H groups in total. The second kappa shape index (κ2) is 9.16. The van der Waals surface area contributed by atoms with Crippen molar-refractivity contribution in [3.8, 4) is 28.3 Å². The van der Waals surface area contributed by atoms with Crippen molar-refractivity contribution in [2.75, 3.05) is 19.6 Å². The van der Waals surface area contributed by atoms with Gasteiger partial charge in [0.2, 0.25) is 0 Å². The summed E-state index contributed by atoms with van der Waals surface area (Å²) in [6.45, 7) is 4.36. The van der Waals surface area contributed by atoms with E-state index in [9.17, 15) is 5.26 Å². The number of halogens is 1. The SMILES string of the molecule is N#Cc1ccc2c(c1)c(-c1cncc(-c3cccc(Cl)c3)c1)cn2CCN1CCCCC1. The summed E-state index contributed by atoms with van der Waals surface area (Å²) in [5, 5.41) is 11.3. The average molecular weight is 441 g/mol. The first kappa shape index (κ1) is 20.8. The van der Waals surface area contributed by atoms with Crippen molar-refractivity contribution in [2.24, 2.45) is 0 Å². The van der Waals surface area contributed by atoms with Gasteiger partial charge in [-0.05, 0) is 67.9 Å². The molecule has 5 heteroatoms. The van der Waals surface area contributed by atoms with E-state index in [1.807, 2.05) is 48.8 Å². The molecule has 0 unspecified atom stereocenters. The maximum absolute atomic E-state index is 9.47. The summed E-state index contributed by atoms with van der Waals surface area (Å²) in [5.41, 5.74) is 6.04. The first-order valence-corrected chi connectivity index (χ1v) is 11.6. The van der Waals surface area contributed by atoms with Crippen molar-refractivity contribution >= 4 is 22.5 Å². The number of nitriles is 1. The fraction of sp³-hybridized carbons (Fsp3) is 0.259. The molecule has 0 saturated carbocycles. The summed E-state index contributed by atoms with van der Waals surface area (Å²) in [4.78, 5) is 7.08. The van der Waals surface area contributed by atoms with Crippen LogP contribution in [0, 0.1) is 11.3 Å². The Balaban J connectivity index is 1.54. The van der Waals surface area contributed by atoms with Gasteiger partial charge < -0.3 is 9.47 Å². The molecule has 1 aliphatic heterocycles. The Labute approximate surface area is 193 Å². The van der Waals surface area contributed by atoms with Crippen LogP contribution in [0.5, 0.6) is 0 Å². The van der Waals surface area contributed by atoms with E-state index < -0.39 is 0 Å². The molecule has 2 aromatic carbocycles. The normalized spacial score (nSPS) is 14.5. The summed E-state index contributed by atoms with van der Waals surface area (Å²) < 4.78 is 2.33. The first-order chi connectivity index (χ1) is 15.7. The average Bonchev–Trinajstić information content (AvgIpc) is 3.21. The van der Waals surface area contributed by atoms with Gasteiger partial charge in [-0.3, -0.25) is 4.98 Å². The molecule has 0 spiro atoms. The Morgan fingerprint density at radius 3 is 2.56 bits per heavy atom. The van der Waals surface area contributed by atoms with Crippen molar-refractivity contribution in [2.45, 2.75) is 25.8 Å². The van der Waals surface area contributed by atoms with E-state index in [0.29, 0.717) is 10.6 Å². The maximum Gasteiger partial charge on any atom is 0.0991 e. The van der Waals surface area contributed by atoms with Gasteiger partial charge in [-0.1, -0.05) is 30.2 Å². The smallest absolute Gasteiger partial charge is 0.0991 e. The monoisotopic (exact) mass is 440 g/mol. The van der Waals surface area contributed by atoms with Crippen LogP contribution in [0.2, 0.25) is 5.02 Å². The number of hydrogen-bond donors (Lipinski definition) is 0. The third-order valence-corrected chi connectivity index (χ3v) is 6.56. The minimum atomic E-state index is 0.673. The molecule has 0 amide bonds. The number of hydrogen-bond acceptors (Lipinski definition) is 3. The first-order valence-electron chi connectivity index (χ1n) is 11.2. The molecule has 1 aliphatic rings. The number of rotatable bonds is 5. The summed E-state index contributed by atoms with van der Waals surface area (Å²) in [7, 11) is 0. The lowest BCUT2D eigenvalue weighted by molar-refractivity contribution is 0.222. The predicted octanol–water partition coefficient (Wildman–Crippen LogP) is 6.38. The molecule has 3 heterocycles. The van der Waals surface area contributed by atoms with E-state index >= 15 is 0 Å². The zero-order valence-electron chi connectivity index (χ0n) is 18.0. The summed E-state index contributed by atoms with van der Waals surface area (Å²) in [6.07, 6.45) is 9.92. The molecule has 0 bridgehead atoms. The summed E-state index contributed by atoms with van der Waals surface area (Å²) >= 11 is 6.21. The number of likely N-dealkylation sites (tertiary alicyclic amines) is 1. The zero-order chi connectivity index (χ0) is 21.9. The third kappa shape index (κ3) is 4.27. The largest absolute Gasteiger partial charge is 0.346 e. The summed E-state index contributed by atoms with van der Waals surface area (Å²) in [6, 6.07) is 18.2.